The number of aliphatic hydroxyl groups is 6. The van der Waals surface area contributed by atoms with E-state index in [1.165, 1.54) is 31.2 Å². The molecule has 0 saturated carbocycles. The van der Waals surface area contributed by atoms with Crippen LogP contribution in [-0.2, 0) is 14.2 Å². The molecule has 0 aromatic heterocycles. The molecule has 12 heteroatoms. The van der Waals surface area contributed by atoms with Crippen molar-refractivity contribution in [3.05, 3.63) is 53.6 Å². The van der Waals surface area contributed by atoms with Crippen LogP contribution in [0.4, 0.5) is 0 Å². The summed E-state index contributed by atoms with van der Waals surface area (Å²) in [7, 11) is 0. The topological polar surface area (TPSA) is 199 Å². The molecule has 2 aromatic carbocycles. The summed E-state index contributed by atoms with van der Waals surface area (Å²) < 4.78 is 22.1. The highest BCUT2D eigenvalue weighted by molar-refractivity contribution is 5.71. The van der Waals surface area contributed by atoms with Crippen molar-refractivity contribution in [3.8, 4) is 17.2 Å². The lowest BCUT2D eigenvalue weighted by Crippen LogP contribution is -2.61. The fourth-order valence-electron chi connectivity index (χ4n) is 4.17. The molecule has 10 atom stereocenters. The first-order valence-corrected chi connectivity index (χ1v) is 12.0. The van der Waals surface area contributed by atoms with Crippen molar-refractivity contribution in [2.24, 2.45) is 0 Å². The predicted molar refractivity (Wildman–Crippen MR) is 131 cm³/mol. The van der Waals surface area contributed by atoms with Crippen molar-refractivity contribution < 1.29 is 59.8 Å². The third-order valence-electron chi connectivity index (χ3n) is 6.43. The number of phenols is 2. The Bertz CT molecular complexity index is 1090. The molecule has 2 heterocycles. The van der Waals surface area contributed by atoms with Gasteiger partial charge in [-0.05, 0) is 42.3 Å². The van der Waals surface area contributed by atoms with Gasteiger partial charge in [0.1, 0.15) is 60.0 Å². The average Bonchev–Trinajstić information content (AvgIpc) is 2.89. The Morgan fingerprint density at radius 1 is 0.684 bits per heavy atom. The molecule has 0 unspecified atom stereocenters. The lowest BCUT2D eigenvalue weighted by molar-refractivity contribution is -0.318. The first kappa shape index (κ1) is 28.2. The second-order valence-corrected chi connectivity index (χ2v) is 9.33. The highest BCUT2D eigenvalue weighted by Crippen LogP contribution is 2.29. The quantitative estimate of drug-likeness (QED) is 0.207. The van der Waals surface area contributed by atoms with Gasteiger partial charge in [-0.2, -0.15) is 0 Å². The van der Waals surface area contributed by atoms with Gasteiger partial charge in [-0.15, -0.1) is 0 Å². The third-order valence-corrected chi connectivity index (χ3v) is 6.43. The van der Waals surface area contributed by atoms with Crippen molar-refractivity contribution in [3.63, 3.8) is 0 Å². The Kier molecular flexibility index (Phi) is 8.88. The Morgan fingerprint density at radius 3 is 2.03 bits per heavy atom. The second-order valence-electron chi connectivity index (χ2n) is 9.33. The minimum Gasteiger partial charge on any atom is -0.508 e. The molecule has 2 aliphatic heterocycles. The van der Waals surface area contributed by atoms with E-state index in [9.17, 15) is 40.9 Å². The molecule has 0 bridgehead atoms. The highest BCUT2D eigenvalue weighted by Gasteiger charge is 2.47. The van der Waals surface area contributed by atoms with Crippen molar-refractivity contribution in [1.82, 2.24) is 0 Å². The largest absolute Gasteiger partial charge is 0.508 e. The lowest BCUT2D eigenvalue weighted by atomic mass is 9.98. The summed E-state index contributed by atoms with van der Waals surface area (Å²) in [5, 5.41) is 80.6. The van der Waals surface area contributed by atoms with E-state index in [2.05, 4.69) is 0 Å². The summed E-state index contributed by atoms with van der Waals surface area (Å²) >= 11 is 0. The van der Waals surface area contributed by atoms with Crippen LogP contribution in [0.15, 0.2) is 42.5 Å². The molecular weight excluding hydrogens is 504 g/mol. The monoisotopic (exact) mass is 536 g/mol. The Morgan fingerprint density at radius 2 is 1.32 bits per heavy atom. The van der Waals surface area contributed by atoms with Crippen LogP contribution >= 0.6 is 0 Å². The number of ether oxygens (including phenoxy) is 4. The van der Waals surface area contributed by atoms with Gasteiger partial charge in [0.15, 0.2) is 6.29 Å². The third kappa shape index (κ3) is 6.43. The fraction of sp³-hybridized carbons (Fsp3) is 0.462. The predicted octanol–water partition coefficient (Wildman–Crippen LogP) is -0.701. The van der Waals surface area contributed by atoms with E-state index in [-0.39, 0.29) is 17.2 Å². The molecule has 2 aliphatic rings. The van der Waals surface area contributed by atoms with Crippen LogP contribution in [0.2, 0.25) is 0 Å². The SMILES string of the molecule is C[C@@H]1O[C@@H](OC[C@H]2O[C@@H](Oc3cc(O)cc(/C=C/c4ccc(O)cc4)c3)[C@H](O)[C@@H](O)[C@@H]2O)[C@H](O)[C@H](O)[C@H]1O. The molecule has 12 nitrogen and oxygen atoms in total. The number of phenolic OH excluding ortho intramolecular Hbond substituents is 2. The zero-order valence-electron chi connectivity index (χ0n) is 20.4. The average molecular weight is 537 g/mol. The van der Waals surface area contributed by atoms with Crippen LogP contribution < -0.4 is 4.74 Å². The minimum atomic E-state index is -1.68. The summed E-state index contributed by atoms with van der Waals surface area (Å²) in [6, 6.07) is 10.8. The van der Waals surface area contributed by atoms with Gasteiger partial charge in [0, 0.05) is 6.07 Å². The molecule has 4 rings (SSSR count). The van der Waals surface area contributed by atoms with E-state index in [4.69, 9.17) is 18.9 Å². The molecule has 2 saturated heterocycles. The molecule has 0 aliphatic carbocycles. The number of hydrogen-bond acceptors (Lipinski definition) is 12. The summed E-state index contributed by atoms with van der Waals surface area (Å²) in [4.78, 5) is 0. The van der Waals surface area contributed by atoms with E-state index >= 15 is 0 Å². The maximum Gasteiger partial charge on any atom is 0.229 e. The number of hydrogen-bond donors (Lipinski definition) is 8. The molecule has 8 N–H and O–H groups in total. The molecule has 2 fully saturated rings. The molecule has 0 radical (unpaired) electrons. The maximum atomic E-state index is 10.4. The van der Waals surface area contributed by atoms with Crippen LogP contribution in [0, 0.1) is 0 Å². The van der Waals surface area contributed by atoms with E-state index in [0.717, 1.165) is 5.56 Å². The molecule has 0 amide bonds. The summed E-state index contributed by atoms with van der Waals surface area (Å²) in [5.74, 6) is 0.0854. The molecular formula is C26H32O12. The molecule has 208 valence electrons. The van der Waals surface area contributed by atoms with E-state index < -0.39 is 68.0 Å². The zero-order chi connectivity index (χ0) is 27.6. The second kappa shape index (κ2) is 11.9. The minimum absolute atomic E-state index is 0.0969. The maximum absolute atomic E-state index is 10.4. The number of aliphatic hydroxyl groups excluding tert-OH is 6. The van der Waals surface area contributed by atoms with Crippen molar-refractivity contribution >= 4 is 12.2 Å². The van der Waals surface area contributed by atoms with Crippen molar-refractivity contribution in [2.75, 3.05) is 6.61 Å². The van der Waals surface area contributed by atoms with Gasteiger partial charge in [-0.1, -0.05) is 24.3 Å². The van der Waals surface area contributed by atoms with E-state index in [1.807, 2.05) is 0 Å². The van der Waals surface area contributed by atoms with Gasteiger partial charge >= 0.3 is 0 Å². The molecule has 0 spiro atoms. The molecule has 38 heavy (non-hydrogen) atoms. The van der Waals surface area contributed by atoms with Crippen molar-refractivity contribution in [2.45, 2.75) is 68.3 Å². The highest BCUT2D eigenvalue weighted by atomic mass is 16.7. The summed E-state index contributed by atoms with van der Waals surface area (Å²) in [5.41, 5.74) is 1.33. The van der Waals surface area contributed by atoms with Crippen LogP contribution in [0.5, 0.6) is 17.2 Å². The van der Waals surface area contributed by atoms with Gasteiger partial charge in [0.2, 0.25) is 6.29 Å². The number of aromatic hydroxyl groups is 2. The van der Waals surface area contributed by atoms with Gasteiger partial charge < -0.3 is 59.8 Å². The lowest BCUT2D eigenvalue weighted by Gasteiger charge is -2.42. The van der Waals surface area contributed by atoms with Gasteiger partial charge in [-0.25, -0.2) is 0 Å². The van der Waals surface area contributed by atoms with Crippen LogP contribution in [-0.4, -0.2) is 109 Å². The first-order valence-electron chi connectivity index (χ1n) is 12.0. The summed E-state index contributed by atoms with van der Waals surface area (Å²) in [6.45, 7) is 1.05. The summed E-state index contributed by atoms with van der Waals surface area (Å²) in [6.07, 6.45) is -10.8. The van der Waals surface area contributed by atoms with Gasteiger partial charge in [0.05, 0.1) is 12.7 Å². The zero-order valence-corrected chi connectivity index (χ0v) is 20.4. The van der Waals surface area contributed by atoms with Crippen LogP contribution in [0.25, 0.3) is 12.2 Å². The Hall–Kier alpha value is -2.78. The normalized spacial score (nSPS) is 35.9. The number of benzene rings is 2. The van der Waals surface area contributed by atoms with Gasteiger partial charge in [0.25, 0.3) is 0 Å². The molecule has 2 aromatic rings. The number of rotatable bonds is 7. The van der Waals surface area contributed by atoms with Gasteiger partial charge in [-0.3, -0.25) is 0 Å². The van der Waals surface area contributed by atoms with E-state index in [0.29, 0.717) is 5.56 Å². The Balaban J connectivity index is 1.43. The standard InChI is InChI=1S/C26H32O12/c1-12-19(29)21(31)23(33)25(36-12)35-11-18-20(30)22(32)24(34)26(38-18)37-17-9-14(8-16(28)10-17)3-2-13-4-6-15(27)7-5-13/h2-10,12,18-34H,11H2,1H3/b3-2+/t12-,18+,19-,20+,21+,22-,23+,24+,25+,26+/m0/s1. The van der Waals surface area contributed by atoms with Crippen molar-refractivity contribution in [1.29, 1.82) is 0 Å². The van der Waals surface area contributed by atoms with Crippen LogP contribution in [0.3, 0.4) is 0 Å². The van der Waals surface area contributed by atoms with E-state index in [1.54, 1.807) is 30.4 Å². The smallest absolute Gasteiger partial charge is 0.229 e. The fourth-order valence-corrected chi connectivity index (χ4v) is 4.17. The Labute approximate surface area is 218 Å². The van der Waals surface area contributed by atoms with Crippen LogP contribution in [0.1, 0.15) is 18.1 Å². The first-order chi connectivity index (χ1) is 18.0.